The van der Waals surface area contributed by atoms with E-state index in [0.29, 0.717) is 32.7 Å². The molecular formula is C18H29F5O6Si. The van der Waals surface area contributed by atoms with Gasteiger partial charge in [0.25, 0.3) is 0 Å². The van der Waals surface area contributed by atoms with Gasteiger partial charge in [0.05, 0.1) is 0 Å². The quantitative estimate of drug-likeness (QED) is 0.437. The summed E-state index contributed by atoms with van der Waals surface area (Å²) in [6.07, 6.45) is -6.32. The van der Waals surface area contributed by atoms with Crippen LogP contribution in [-0.4, -0.2) is 64.5 Å². The standard InChI is InChI=1S/C18H29F5O6Si/c1-4-27-30(28-5-2,29-6-3)14-9-11-7-12(14)13(8-11)15-16(19,20)17(24,18(21,22)23)26-10-25-15/h11-15,24H,4-10H2,1-3H3. The van der Waals surface area contributed by atoms with Crippen LogP contribution < -0.4 is 0 Å². The lowest BCUT2D eigenvalue weighted by Crippen LogP contribution is -2.70. The van der Waals surface area contributed by atoms with Crippen LogP contribution in [0.5, 0.6) is 0 Å². The molecule has 2 bridgehead atoms. The lowest BCUT2D eigenvalue weighted by Gasteiger charge is -2.48. The number of hydrogen-bond acceptors (Lipinski definition) is 6. The predicted molar refractivity (Wildman–Crippen MR) is 95.5 cm³/mol. The normalized spacial score (nSPS) is 38.9. The van der Waals surface area contributed by atoms with Crippen molar-refractivity contribution in [3.8, 4) is 0 Å². The first-order valence-corrected chi connectivity index (χ1v) is 12.1. The Morgan fingerprint density at radius 1 is 0.967 bits per heavy atom. The van der Waals surface area contributed by atoms with Gasteiger partial charge in [0.1, 0.15) is 6.10 Å². The van der Waals surface area contributed by atoms with E-state index >= 15 is 0 Å². The smallest absolute Gasteiger partial charge is 0.374 e. The Morgan fingerprint density at radius 3 is 1.97 bits per heavy atom. The summed E-state index contributed by atoms with van der Waals surface area (Å²) in [6.45, 7) is 5.20. The number of aliphatic hydroxyl groups is 1. The molecule has 0 spiro atoms. The Hall–Kier alpha value is -0.373. The first-order chi connectivity index (χ1) is 14.0. The molecule has 30 heavy (non-hydrogen) atoms. The second-order valence-electron chi connectivity index (χ2n) is 8.02. The van der Waals surface area contributed by atoms with Crippen LogP contribution in [0.4, 0.5) is 22.0 Å². The molecule has 2 aliphatic carbocycles. The Bertz CT molecular complexity index is 591. The number of hydrogen-bond donors (Lipinski definition) is 1. The molecule has 0 aromatic carbocycles. The SMILES string of the molecule is CCO[Si](OCC)(OCC)C1CC2CC(C3OCOC(O)(C(F)(F)F)C3(F)F)C1C2. The molecule has 3 aliphatic rings. The maximum atomic E-state index is 15.0. The van der Waals surface area contributed by atoms with Crippen molar-refractivity contribution in [2.75, 3.05) is 26.6 Å². The second-order valence-corrected chi connectivity index (χ2v) is 10.8. The lowest BCUT2D eigenvalue weighted by molar-refractivity contribution is -0.488. The van der Waals surface area contributed by atoms with Crippen LogP contribution in [0.1, 0.15) is 40.0 Å². The zero-order valence-electron chi connectivity index (χ0n) is 17.2. The molecule has 6 nitrogen and oxygen atoms in total. The summed E-state index contributed by atoms with van der Waals surface area (Å²) in [6, 6.07) is 0. The van der Waals surface area contributed by atoms with Crippen molar-refractivity contribution in [1.82, 2.24) is 0 Å². The van der Waals surface area contributed by atoms with Gasteiger partial charge in [-0.3, -0.25) is 0 Å². The average Bonchev–Trinajstić information content (AvgIpc) is 3.24. The van der Waals surface area contributed by atoms with E-state index in [-0.39, 0.29) is 17.9 Å². The van der Waals surface area contributed by atoms with E-state index in [1.54, 1.807) is 20.8 Å². The van der Waals surface area contributed by atoms with E-state index < -0.39 is 51.4 Å². The van der Waals surface area contributed by atoms with Gasteiger partial charge in [-0.25, -0.2) is 0 Å². The number of alkyl halides is 5. The van der Waals surface area contributed by atoms with Gasteiger partial charge in [-0.05, 0) is 57.8 Å². The van der Waals surface area contributed by atoms with Gasteiger partial charge in [0.15, 0.2) is 6.79 Å². The summed E-state index contributed by atoms with van der Waals surface area (Å²) >= 11 is 0. The lowest BCUT2D eigenvalue weighted by atomic mass is 9.79. The molecule has 12 heteroatoms. The Kier molecular flexibility index (Phi) is 6.90. The zero-order chi connectivity index (χ0) is 22.4. The van der Waals surface area contributed by atoms with Gasteiger partial charge >= 0.3 is 26.7 Å². The maximum Gasteiger partial charge on any atom is 0.504 e. The van der Waals surface area contributed by atoms with E-state index in [1.165, 1.54) is 0 Å². The fraction of sp³-hybridized carbons (Fsp3) is 1.00. The van der Waals surface area contributed by atoms with Gasteiger partial charge in [-0.2, -0.15) is 22.0 Å². The fourth-order valence-corrected chi connectivity index (χ4v) is 9.09. The fourth-order valence-electron chi connectivity index (χ4n) is 5.46. The largest absolute Gasteiger partial charge is 0.504 e. The highest BCUT2D eigenvalue weighted by Crippen LogP contribution is 2.62. The van der Waals surface area contributed by atoms with Crippen molar-refractivity contribution in [3.05, 3.63) is 0 Å². The molecule has 1 saturated heterocycles. The minimum atomic E-state index is -5.67. The molecule has 1 aliphatic heterocycles. The molecule has 176 valence electrons. The van der Waals surface area contributed by atoms with Crippen molar-refractivity contribution in [1.29, 1.82) is 0 Å². The predicted octanol–water partition coefficient (Wildman–Crippen LogP) is 3.71. The van der Waals surface area contributed by atoms with Gasteiger partial charge in [-0.15, -0.1) is 0 Å². The van der Waals surface area contributed by atoms with Crippen LogP contribution in [0.25, 0.3) is 0 Å². The number of ether oxygens (including phenoxy) is 2. The molecule has 6 atom stereocenters. The molecule has 0 aromatic heterocycles. The Balaban J connectivity index is 1.91. The molecule has 1 heterocycles. The number of halogens is 5. The molecule has 2 saturated carbocycles. The Morgan fingerprint density at radius 2 is 1.50 bits per heavy atom. The molecule has 1 N–H and O–H groups in total. The third kappa shape index (κ3) is 3.71. The molecule has 3 rings (SSSR count). The number of rotatable bonds is 8. The van der Waals surface area contributed by atoms with Crippen LogP contribution in [0, 0.1) is 17.8 Å². The molecule has 0 amide bonds. The summed E-state index contributed by atoms with van der Waals surface area (Å²) in [4.78, 5) is 0. The first kappa shape index (κ1) is 24.3. The van der Waals surface area contributed by atoms with Crippen LogP contribution >= 0.6 is 0 Å². The van der Waals surface area contributed by atoms with E-state index in [4.69, 9.17) is 18.0 Å². The highest BCUT2D eigenvalue weighted by Gasteiger charge is 2.78. The molecule has 6 unspecified atom stereocenters. The monoisotopic (exact) mass is 464 g/mol. The van der Waals surface area contributed by atoms with E-state index in [0.717, 1.165) is 0 Å². The van der Waals surface area contributed by atoms with Crippen LogP contribution in [-0.2, 0) is 22.8 Å². The van der Waals surface area contributed by atoms with Crippen molar-refractivity contribution in [2.45, 2.75) is 69.6 Å². The average molecular weight is 465 g/mol. The van der Waals surface area contributed by atoms with Crippen molar-refractivity contribution < 1.29 is 49.8 Å². The van der Waals surface area contributed by atoms with Gasteiger partial charge < -0.3 is 27.9 Å². The van der Waals surface area contributed by atoms with Gasteiger partial charge in [0, 0.05) is 25.4 Å². The summed E-state index contributed by atoms with van der Waals surface area (Å²) in [7, 11) is -3.26. The molecule has 0 aromatic rings. The molecule has 3 fully saturated rings. The topological polar surface area (TPSA) is 66.4 Å². The van der Waals surface area contributed by atoms with E-state index in [9.17, 15) is 27.1 Å². The minimum absolute atomic E-state index is 0.0273. The summed E-state index contributed by atoms with van der Waals surface area (Å²) in [5, 5.41) is 9.77. The summed E-state index contributed by atoms with van der Waals surface area (Å²) in [5.41, 5.74) is -0.317. The van der Waals surface area contributed by atoms with E-state index in [2.05, 4.69) is 4.74 Å². The third-order valence-corrected chi connectivity index (χ3v) is 10.1. The van der Waals surface area contributed by atoms with Crippen LogP contribution in [0.2, 0.25) is 5.54 Å². The first-order valence-electron chi connectivity index (χ1n) is 10.3. The maximum absolute atomic E-state index is 15.0. The van der Waals surface area contributed by atoms with Crippen LogP contribution in [0.3, 0.4) is 0 Å². The second kappa shape index (κ2) is 8.52. The van der Waals surface area contributed by atoms with Crippen molar-refractivity contribution in [3.63, 3.8) is 0 Å². The third-order valence-electron chi connectivity index (χ3n) is 6.45. The number of fused-ring (bicyclic) bond motifs is 2. The van der Waals surface area contributed by atoms with Crippen LogP contribution in [0.15, 0.2) is 0 Å². The zero-order valence-corrected chi connectivity index (χ0v) is 18.2. The van der Waals surface area contributed by atoms with Crippen molar-refractivity contribution >= 4 is 8.80 Å². The molecular weight excluding hydrogens is 435 g/mol. The highest BCUT2D eigenvalue weighted by molar-refractivity contribution is 6.62. The van der Waals surface area contributed by atoms with Gasteiger partial charge in [0.2, 0.25) is 0 Å². The summed E-state index contributed by atoms with van der Waals surface area (Å²) in [5.74, 6) is -10.6. The highest BCUT2D eigenvalue weighted by atomic mass is 28.4. The minimum Gasteiger partial charge on any atom is -0.374 e. The van der Waals surface area contributed by atoms with E-state index in [1.807, 2.05) is 0 Å². The summed E-state index contributed by atoms with van der Waals surface area (Å²) < 4.78 is 96.6. The Labute approximate surface area is 173 Å². The van der Waals surface area contributed by atoms with Gasteiger partial charge in [-0.1, -0.05) is 0 Å². The molecule has 0 radical (unpaired) electrons. The van der Waals surface area contributed by atoms with Crippen molar-refractivity contribution in [2.24, 2.45) is 17.8 Å².